The highest BCUT2D eigenvalue weighted by Gasteiger charge is 2.52. The number of carbonyl (C=O) groups excluding carboxylic acids is 6. The quantitative estimate of drug-likeness (QED) is 0.0175. The number of rotatable bonds is 85. The van der Waals surface area contributed by atoms with Gasteiger partial charge < -0.3 is 58.6 Å². The molecule has 1 aliphatic rings. The van der Waals surface area contributed by atoms with Gasteiger partial charge in [-0.05, 0) is 69.9 Å². The molecule has 1 heterocycles. The van der Waals surface area contributed by atoms with Crippen molar-refractivity contribution in [2.24, 2.45) is 0 Å². The number of phosphoric acid groups is 1. The van der Waals surface area contributed by atoms with Crippen molar-refractivity contribution in [2.45, 2.75) is 534 Å². The summed E-state index contributed by atoms with van der Waals surface area (Å²) in [4.78, 5) is 109. The van der Waals surface area contributed by atoms with Gasteiger partial charge >= 0.3 is 31.7 Å². The van der Waals surface area contributed by atoms with Gasteiger partial charge in [0.1, 0.15) is 42.3 Å². The number of phenolic OH excluding ortho intramolecular Hbond substituents is 1. The second-order valence-corrected chi connectivity index (χ2v) is 36.1. The van der Waals surface area contributed by atoms with E-state index >= 15 is 9.59 Å². The van der Waals surface area contributed by atoms with Crippen LogP contribution in [0.1, 0.15) is 485 Å². The number of benzene rings is 1. The monoisotopic (exact) mass is 1700 g/mol. The number of nitrogens with zero attached hydrogens (tertiary/aromatic N) is 1. The maximum absolute atomic E-state index is 15.1. The number of phenols is 1. The molecule has 21 heteroatoms. The van der Waals surface area contributed by atoms with E-state index in [-0.39, 0.29) is 57.0 Å². The normalized spacial score (nSPS) is 16.3. The van der Waals surface area contributed by atoms with E-state index in [4.69, 9.17) is 32.9 Å². The average molecular weight is 1700 g/mol. The lowest BCUT2D eigenvalue weighted by Crippen LogP contribution is -2.66. The third-order valence-electron chi connectivity index (χ3n) is 23.7. The highest BCUT2D eigenvalue weighted by Crippen LogP contribution is 2.43. The second-order valence-electron chi connectivity index (χ2n) is 34.9. The van der Waals surface area contributed by atoms with Gasteiger partial charge in [-0.2, -0.15) is 0 Å². The molecule has 8 atom stereocenters. The van der Waals surface area contributed by atoms with Crippen LogP contribution >= 0.6 is 7.82 Å². The third-order valence-corrected chi connectivity index (χ3v) is 24.2. The van der Waals surface area contributed by atoms with Crippen molar-refractivity contribution in [1.82, 2.24) is 5.32 Å². The molecule has 2 amide bonds. The minimum atomic E-state index is -5.54. The summed E-state index contributed by atoms with van der Waals surface area (Å²) in [5.41, 5.74) is 0.296. The number of aromatic hydroxyl groups is 1. The molecule has 1 fully saturated rings. The van der Waals surface area contributed by atoms with Crippen molar-refractivity contribution in [2.75, 3.05) is 24.7 Å². The van der Waals surface area contributed by atoms with Crippen molar-refractivity contribution in [3.8, 4) is 5.75 Å². The predicted octanol–water partition coefficient (Wildman–Crippen LogP) is 26.1. The van der Waals surface area contributed by atoms with E-state index in [1.54, 1.807) is 12.1 Å². The lowest BCUT2D eigenvalue weighted by atomic mass is 9.96. The fourth-order valence-corrected chi connectivity index (χ4v) is 17.0. The molecule has 1 aromatic carbocycles. The van der Waals surface area contributed by atoms with Crippen LogP contribution in [-0.2, 0) is 66.3 Å². The zero-order chi connectivity index (χ0) is 86.7. The minimum Gasteiger partial charge on any atom is -0.508 e. The summed E-state index contributed by atoms with van der Waals surface area (Å²) in [6, 6.07) is 4.51. The summed E-state index contributed by atoms with van der Waals surface area (Å²) in [7, 11) is -5.54. The number of aliphatic hydroxyl groups excluding tert-OH is 1. The number of aliphatic hydroxyl groups is 1. The van der Waals surface area contributed by atoms with Gasteiger partial charge in [0.05, 0.1) is 32.5 Å². The van der Waals surface area contributed by atoms with Crippen LogP contribution in [0.2, 0.25) is 0 Å². The van der Waals surface area contributed by atoms with E-state index in [0.29, 0.717) is 57.1 Å². The molecule has 0 aromatic heterocycles. The van der Waals surface area contributed by atoms with E-state index in [0.717, 1.165) is 180 Å². The molecule has 1 saturated heterocycles. The summed E-state index contributed by atoms with van der Waals surface area (Å²) in [6.45, 7) is 11.7. The molecule has 0 bridgehead atoms. The Morgan fingerprint density at radius 2 is 0.723 bits per heavy atom. The Bertz CT molecular complexity index is 2650. The van der Waals surface area contributed by atoms with E-state index in [2.05, 4.69) is 46.9 Å². The average Bonchev–Trinajstić information content (AvgIpc) is 0.778. The second kappa shape index (κ2) is 77.4. The first kappa shape index (κ1) is 111. The molecule has 694 valence electrons. The Kier molecular flexibility index (Phi) is 72.1. The van der Waals surface area contributed by atoms with Crippen LogP contribution < -0.4 is 10.2 Å². The summed E-state index contributed by atoms with van der Waals surface area (Å²) in [6.07, 6.45) is 56.1. The standard InChI is InChI=1S/C98H179N2O18P/c1-7-13-19-25-31-37-40-46-52-58-64-73-91(105)113-85(70-61-55-49-43-34-28-22-16-10-4)79-89(103)99-95-97(117-94(108)81-87(72-63-57-51-45-36-30-24-18-12-6)115-93(107)75-66-60-54-48-42-39-33-27-21-15-9-3)96(118-119(109,110)111)88(82-101)116-98(95)112-77-76-100(83-68-67-69-84(102)78-83)90(104)80-86(71-62-56-50-44-35-29-23-17-11-5)114-92(106)74-65-59-53-47-41-38-32-26-20-14-8-2/h67-69,78,85-88,95-98,101-102H,7-66,70-77,79-82H2,1-6H3,(H,99,103)(H2,109,110,111)/t85-,86-,87-,88?,95?,96?,97?,98?/m1/s1. The molecule has 0 saturated carbocycles. The van der Waals surface area contributed by atoms with Gasteiger partial charge in [-0.15, -0.1) is 0 Å². The molecule has 0 aliphatic carbocycles. The minimum absolute atomic E-state index is 0.124. The van der Waals surface area contributed by atoms with Crippen molar-refractivity contribution in [1.29, 1.82) is 0 Å². The molecule has 5 unspecified atom stereocenters. The van der Waals surface area contributed by atoms with Crippen LogP contribution in [0, 0.1) is 0 Å². The zero-order valence-electron chi connectivity index (χ0n) is 76.7. The third kappa shape index (κ3) is 62.6. The lowest BCUT2D eigenvalue weighted by Gasteiger charge is -2.45. The molecule has 5 N–H and O–H groups in total. The van der Waals surface area contributed by atoms with Crippen LogP contribution in [0.5, 0.6) is 5.75 Å². The highest BCUT2D eigenvalue weighted by molar-refractivity contribution is 7.46. The summed E-state index contributed by atoms with van der Waals surface area (Å²) < 4.78 is 56.7. The molecule has 1 aliphatic heterocycles. The summed E-state index contributed by atoms with van der Waals surface area (Å²) in [5, 5.41) is 25.1. The van der Waals surface area contributed by atoms with Crippen LogP contribution in [0.25, 0.3) is 0 Å². The molecular weight excluding hydrogens is 1520 g/mol. The Morgan fingerprint density at radius 1 is 0.412 bits per heavy atom. The van der Waals surface area contributed by atoms with Crippen LogP contribution in [-0.4, -0.2) is 124 Å². The fourth-order valence-electron chi connectivity index (χ4n) is 16.4. The Hall–Kier alpha value is -4.17. The number of anilines is 1. The van der Waals surface area contributed by atoms with E-state index in [1.807, 2.05) is 0 Å². The molecule has 0 spiro atoms. The molecule has 1 aromatic rings. The van der Waals surface area contributed by atoms with Gasteiger partial charge in [0.25, 0.3) is 0 Å². The molecular formula is C98H179N2O18P. The van der Waals surface area contributed by atoms with Crippen LogP contribution in [0.3, 0.4) is 0 Å². The van der Waals surface area contributed by atoms with Gasteiger partial charge in [-0.3, -0.25) is 33.3 Å². The number of nitrogens with one attached hydrogen (secondary N) is 1. The number of ether oxygens (including phenoxy) is 6. The lowest BCUT2D eigenvalue weighted by molar-refractivity contribution is -0.270. The highest BCUT2D eigenvalue weighted by atomic mass is 31.2. The van der Waals surface area contributed by atoms with Crippen molar-refractivity contribution in [3.05, 3.63) is 24.3 Å². The van der Waals surface area contributed by atoms with Crippen molar-refractivity contribution in [3.63, 3.8) is 0 Å². The maximum Gasteiger partial charge on any atom is 0.470 e. The smallest absolute Gasteiger partial charge is 0.470 e. The SMILES string of the molecule is CCCCCCCCCCCCCC(=O)O[C@H](CCCCCCCCCCC)CC(=O)NC1C(OCCN(C(=O)C[C@@H](CCCCCCCCCCC)OC(=O)CCCCCCCCCCCCC)c2cccc(O)c2)OC(CO)C(OP(=O)(O)O)C1OC(=O)C[C@@H](CCCCCCCCCCC)OC(=O)CCCCCCCCCCCCC. The number of phosphoric ester groups is 1. The first-order valence-corrected chi connectivity index (χ1v) is 51.2. The van der Waals surface area contributed by atoms with Gasteiger partial charge in [0.15, 0.2) is 12.4 Å². The largest absolute Gasteiger partial charge is 0.508 e. The number of unbranched alkanes of at least 4 members (excludes halogenated alkanes) is 54. The molecule has 2 rings (SSSR count). The van der Waals surface area contributed by atoms with Gasteiger partial charge in [0.2, 0.25) is 11.8 Å². The van der Waals surface area contributed by atoms with E-state index in [9.17, 15) is 43.7 Å². The molecule has 119 heavy (non-hydrogen) atoms. The van der Waals surface area contributed by atoms with Crippen molar-refractivity contribution < 1.29 is 86.3 Å². The predicted molar refractivity (Wildman–Crippen MR) is 483 cm³/mol. The first-order chi connectivity index (χ1) is 57.9. The number of hydrogen-bond donors (Lipinski definition) is 5. The number of amides is 2. The van der Waals surface area contributed by atoms with Gasteiger partial charge in [0, 0.05) is 37.6 Å². The van der Waals surface area contributed by atoms with Gasteiger partial charge in [-0.1, -0.05) is 394 Å². The van der Waals surface area contributed by atoms with Gasteiger partial charge in [-0.25, -0.2) is 4.57 Å². The molecule has 20 nitrogen and oxygen atoms in total. The van der Waals surface area contributed by atoms with E-state index < -0.39 is 99.5 Å². The maximum atomic E-state index is 15.1. The van der Waals surface area contributed by atoms with Crippen molar-refractivity contribution >= 4 is 49.2 Å². The zero-order valence-corrected chi connectivity index (χ0v) is 77.6. The number of esters is 4. The first-order valence-electron chi connectivity index (χ1n) is 49.7. The summed E-state index contributed by atoms with van der Waals surface area (Å²) >= 11 is 0. The number of hydrogen-bond acceptors (Lipinski definition) is 16. The topological polar surface area (TPSA) is 280 Å². The Balaban J connectivity index is 2.71. The van der Waals surface area contributed by atoms with Crippen LogP contribution in [0.15, 0.2) is 24.3 Å². The Morgan fingerprint density at radius 3 is 1.04 bits per heavy atom. The van der Waals surface area contributed by atoms with Crippen LogP contribution in [0.4, 0.5) is 5.69 Å². The summed E-state index contributed by atoms with van der Waals surface area (Å²) in [5.74, 6) is -3.48. The Labute approximate surface area is 725 Å². The fraction of sp³-hybridized carbons (Fsp3) is 0.878. The van der Waals surface area contributed by atoms with E-state index in [1.165, 1.54) is 190 Å². The number of carbonyl (C=O) groups is 6. The molecule has 0 radical (unpaired) electrons.